The van der Waals surface area contributed by atoms with Crippen molar-refractivity contribution in [3.05, 3.63) is 29.6 Å². The summed E-state index contributed by atoms with van der Waals surface area (Å²) in [4.78, 5) is 62.7. The number of benzene rings is 1. The van der Waals surface area contributed by atoms with E-state index in [4.69, 9.17) is 18.9 Å². The van der Waals surface area contributed by atoms with Crippen molar-refractivity contribution in [2.75, 3.05) is 19.3 Å². The molecule has 226 valence electrons. The van der Waals surface area contributed by atoms with Crippen LogP contribution in [0, 0.1) is 36.4 Å². The van der Waals surface area contributed by atoms with Crippen molar-refractivity contribution >= 4 is 41.7 Å². The number of thioether (sulfide) groups is 1. The van der Waals surface area contributed by atoms with E-state index in [-0.39, 0.29) is 5.75 Å². The van der Waals surface area contributed by atoms with Crippen LogP contribution < -0.4 is 5.32 Å². The number of amides is 1. The highest BCUT2D eigenvalue weighted by molar-refractivity contribution is 7.99. The summed E-state index contributed by atoms with van der Waals surface area (Å²) >= 11 is 1.20. The molecule has 2 aliphatic rings. The number of aliphatic hydroxyl groups is 1. The van der Waals surface area contributed by atoms with E-state index in [1.165, 1.54) is 23.9 Å². The van der Waals surface area contributed by atoms with Gasteiger partial charge in [0.25, 0.3) is 0 Å². The summed E-state index contributed by atoms with van der Waals surface area (Å²) < 4.78 is 38.9. The fraction of sp³-hybridized carbons (Fsp3) is 0.593. The van der Waals surface area contributed by atoms with E-state index < -0.39 is 90.3 Å². The van der Waals surface area contributed by atoms with Crippen molar-refractivity contribution in [2.45, 2.75) is 63.7 Å². The Bertz CT molecular complexity index is 1200. The van der Waals surface area contributed by atoms with Gasteiger partial charge in [-0.1, -0.05) is 0 Å². The number of nitrogens with one attached hydrogen (secondary N) is 1. The molecule has 1 amide bonds. The number of aliphatic hydroxyl groups excluding tert-OH is 1. The van der Waals surface area contributed by atoms with Crippen LogP contribution >= 0.6 is 11.8 Å². The average molecular weight is 600 g/mol. The van der Waals surface area contributed by atoms with E-state index in [1.807, 2.05) is 0 Å². The lowest BCUT2D eigenvalue weighted by molar-refractivity contribution is -0.174. The zero-order valence-electron chi connectivity index (χ0n) is 23.6. The summed E-state index contributed by atoms with van der Waals surface area (Å²) in [7, 11) is 0. The van der Waals surface area contributed by atoms with Gasteiger partial charge in [-0.05, 0) is 51.5 Å². The van der Waals surface area contributed by atoms with Gasteiger partial charge in [-0.2, -0.15) is 0 Å². The fourth-order valence-electron chi connectivity index (χ4n) is 5.10. The van der Waals surface area contributed by atoms with Gasteiger partial charge >= 0.3 is 30.0 Å². The largest absolute Gasteiger partial charge is 0.444 e. The Balaban J connectivity index is 1.98. The quantitative estimate of drug-likeness (QED) is 0.175. The van der Waals surface area contributed by atoms with Gasteiger partial charge in [0.05, 0.1) is 12.0 Å². The zero-order chi connectivity index (χ0) is 30.7. The molecule has 0 radical (unpaired) electrons. The van der Waals surface area contributed by atoms with E-state index in [9.17, 15) is 33.5 Å². The molecule has 41 heavy (non-hydrogen) atoms. The third kappa shape index (κ3) is 7.47. The summed E-state index contributed by atoms with van der Waals surface area (Å²) in [6.07, 6.45) is -2.32. The van der Waals surface area contributed by atoms with Gasteiger partial charge in [-0.15, -0.1) is 11.8 Å². The Morgan fingerprint density at radius 3 is 2.20 bits per heavy atom. The predicted octanol–water partition coefficient (Wildman–Crippen LogP) is 2.47. The minimum atomic E-state index is -2.01. The molecule has 0 spiro atoms. The van der Waals surface area contributed by atoms with Crippen LogP contribution in [0.2, 0.25) is 0 Å². The molecule has 3 rings (SSSR count). The maximum absolute atomic E-state index is 13.8. The van der Waals surface area contributed by atoms with E-state index >= 15 is 0 Å². The molecule has 0 heterocycles. The van der Waals surface area contributed by atoms with Crippen molar-refractivity contribution in [3.63, 3.8) is 0 Å². The molecule has 0 aromatic heterocycles. The van der Waals surface area contributed by atoms with Crippen LogP contribution in [0.1, 0.15) is 40.2 Å². The summed E-state index contributed by atoms with van der Waals surface area (Å²) in [5.74, 6) is -7.62. The Morgan fingerprint density at radius 2 is 1.63 bits per heavy atom. The van der Waals surface area contributed by atoms with Crippen molar-refractivity contribution in [1.82, 2.24) is 5.32 Å². The highest BCUT2D eigenvalue weighted by atomic mass is 32.2. The second kappa shape index (κ2) is 12.6. The fourth-order valence-corrected chi connectivity index (χ4v) is 6.35. The average Bonchev–Trinajstić information content (AvgIpc) is 3.54. The lowest BCUT2D eigenvalue weighted by atomic mass is 9.80. The first-order chi connectivity index (χ1) is 19.1. The van der Waals surface area contributed by atoms with Crippen LogP contribution in [-0.4, -0.2) is 71.7 Å². The molecule has 2 saturated carbocycles. The highest BCUT2D eigenvalue weighted by Gasteiger charge is 2.80. The normalized spacial score (nSPS) is 26.3. The lowest BCUT2D eigenvalue weighted by Gasteiger charge is -2.38. The third-order valence-electron chi connectivity index (χ3n) is 6.78. The molecule has 0 saturated heterocycles. The topological polar surface area (TPSA) is 164 Å². The third-order valence-corrected chi connectivity index (χ3v) is 7.90. The van der Waals surface area contributed by atoms with Crippen LogP contribution in [0.15, 0.2) is 23.1 Å². The minimum absolute atomic E-state index is 0.0346. The van der Waals surface area contributed by atoms with Gasteiger partial charge in [0, 0.05) is 42.2 Å². The molecule has 2 aliphatic carbocycles. The standard InChI is InChI=1S/C27H34FNO11S/c1-13-9-16(7-8-18(13)28)41-10-17-22(32)19-20(23(33)38-11-36-14(2)30)21(19)27(17,24(34)39-12-37-15(3)31)29-25(35)40-26(4,5)6/h7-9,17,19-22,32H,10-12H2,1-6H3,(H,29,35)/t17-,19+,20+,21+,22-,27+/m1/s1. The maximum atomic E-state index is 13.8. The van der Waals surface area contributed by atoms with Gasteiger partial charge in [0.2, 0.25) is 13.6 Å². The number of hydrogen-bond acceptors (Lipinski definition) is 12. The summed E-state index contributed by atoms with van der Waals surface area (Å²) in [5.41, 5.74) is -2.59. The molecule has 6 atom stereocenters. The van der Waals surface area contributed by atoms with E-state index in [2.05, 4.69) is 10.1 Å². The van der Waals surface area contributed by atoms with E-state index in [0.29, 0.717) is 10.5 Å². The summed E-state index contributed by atoms with van der Waals surface area (Å²) in [5, 5.41) is 14.0. The van der Waals surface area contributed by atoms with Gasteiger partial charge < -0.3 is 34.1 Å². The zero-order valence-corrected chi connectivity index (χ0v) is 24.4. The van der Waals surface area contributed by atoms with E-state index in [0.717, 1.165) is 13.8 Å². The van der Waals surface area contributed by atoms with E-state index in [1.54, 1.807) is 33.8 Å². The molecular weight excluding hydrogens is 565 g/mol. The van der Waals surface area contributed by atoms with Crippen LogP contribution in [0.4, 0.5) is 9.18 Å². The number of ether oxygens (including phenoxy) is 5. The Labute approximate surface area is 240 Å². The Kier molecular flexibility index (Phi) is 9.90. The van der Waals surface area contributed by atoms with Gasteiger partial charge in [-0.3, -0.25) is 14.4 Å². The number of aryl methyl sites for hydroxylation is 1. The molecular formula is C27H34FNO11S. The first-order valence-corrected chi connectivity index (χ1v) is 13.8. The molecule has 2 N–H and O–H groups in total. The molecule has 0 bridgehead atoms. The summed E-state index contributed by atoms with van der Waals surface area (Å²) in [6, 6.07) is 4.42. The number of carbonyl (C=O) groups excluding carboxylic acids is 5. The SMILES string of the molecule is CC(=O)OCOC(=O)[C@H]1[C@@H]2[C@H](O)[C@@H](CSc3ccc(F)c(C)c3)[C@@](NC(=O)OC(C)(C)C)(C(=O)OCOC(C)=O)[C@H]12. The molecule has 2 fully saturated rings. The molecule has 0 aliphatic heterocycles. The number of alkyl carbamates (subject to hydrolysis) is 1. The van der Waals surface area contributed by atoms with Gasteiger partial charge in [0.15, 0.2) is 5.54 Å². The van der Waals surface area contributed by atoms with Gasteiger partial charge in [-0.25, -0.2) is 14.0 Å². The van der Waals surface area contributed by atoms with Crippen LogP contribution in [0.25, 0.3) is 0 Å². The first-order valence-electron chi connectivity index (χ1n) is 12.8. The maximum Gasteiger partial charge on any atom is 0.408 e. The molecule has 12 nitrogen and oxygen atoms in total. The second-order valence-electron chi connectivity index (χ2n) is 10.8. The minimum Gasteiger partial charge on any atom is -0.444 e. The number of halogens is 1. The number of rotatable bonds is 10. The van der Waals surface area contributed by atoms with Crippen LogP contribution in [0.5, 0.6) is 0 Å². The Morgan fingerprint density at radius 1 is 1.02 bits per heavy atom. The number of carbonyl (C=O) groups is 5. The molecule has 1 aromatic carbocycles. The lowest BCUT2D eigenvalue weighted by Crippen LogP contribution is -2.63. The molecule has 14 heteroatoms. The monoisotopic (exact) mass is 599 g/mol. The highest BCUT2D eigenvalue weighted by Crippen LogP contribution is 2.65. The van der Waals surface area contributed by atoms with Crippen molar-refractivity contribution in [2.24, 2.45) is 23.7 Å². The Hall–Kier alpha value is -3.39. The number of esters is 4. The van der Waals surface area contributed by atoms with Gasteiger partial charge in [0.1, 0.15) is 11.4 Å². The van der Waals surface area contributed by atoms with Crippen molar-refractivity contribution in [1.29, 1.82) is 0 Å². The number of hydrogen-bond donors (Lipinski definition) is 2. The van der Waals surface area contributed by atoms with Crippen molar-refractivity contribution < 1.29 is 57.2 Å². The number of fused-ring (bicyclic) bond motifs is 1. The van der Waals surface area contributed by atoms with Crippen LogP contribution in [-0.2, 0) is 42.9 Å². The molecule has 1 aromatic rings. The summed E-state index contributed by atoms with van der Waals surface area (Å²) in [6.45, 7) is 7.21. The smallest absolute Gasteiger partial charge is 0.408 e. The van der Waals surface area contributed by atoms with Crippen molar-refractivity contribution in [3.8, 4) is 0 Å². The first kappa shape index (κ1) is 32.1. The molecule has 0 unspecified atom stereocenters. The predicted molar refractivity (Wildman–Crippen MR) is 139 cm³/mol. The van der Waals surface area contributed by atoms with Crippen LogP contribution in [0.3, 0.4) is 0 Å². The second-order valence-corrected chi connectivity index (χ2v) is 11.9.